The second-order valence-electron chi connectivity index (χ2n) is 3.74. The third-order valence-electron chi connectivity index (χ3n) is 1.64. The van der Waals surface area contributed by atoms with Crippen molar-refractivity contribution in [1.82, 2.24) is 0 Å². The summed E-state index contributed by atoms with van der Waals surface area (Å²) in [6.45, 7) is 0. The van der Waals surface area contributed by atoms with E-state index in [1.165, 1.54) is 0 Å². The topological polar surface area (TPSA) is 80.3 Å². The molecule has 0 aliphatic rings. The number of ketones is 2. The largest absolute Gasteiger partial charge is 2.00 e. The SMILES string of the molecule is O=C(C=C([O-])C(F)(F)F)C(F)(F)F.O=C(C=C([O-])C(F)(F)F)C(F)(F)F.[Cu+2]. The Labute approximate surface area is 150 Å². The van der Waals surface area contributed by atoms with Gasteiger partial charge in [0, 0.05) is 0 Å². The monoisotopic (exact) mass is 477 g/mol. The summed E-state index contributed by atoms with van der Waals surface area (Å²) in [4.78, 5) is 19.6. The van der Waals surface area contributed by atoms with Crippen LogP contribution in [-0.4, -0.2) is 36.3 Å². The Balaban J connectivity index is -0.000000411. The van der Waals surface area contributed by atoms with E-state index in [9.17, 15) is 72.5 Å². The smallest absolute Gasteiger partial charge is 0.869 e. The predicted molar refractivity (Wildman–Crippen MR) is 50.4 cm³/mol. The van der Waals surface area contributed by atoms with Crippen LogP contribution in [0.25, 0.3) is 0 Å². The number of alkyl halides is 12. The number of hydrogen-bond donors (Lipinski definition) is 0. The van der Waals surface area contributed by atoms with E-state index in [-0.39, 0.29) is 17.1 Å². The van der Waals surface area contributed by atoms with Gasteiger partial charge >= 0.3 is 41.8 Å². The van der Waals surface area contributed by atoms with Gasteiger partial charge in [-0.25, -0.2) is 0 Å². The molecule has 0 aromatic heterocycles. The molecule has 0 aromatic rings. The van der Waals surface area contributed by atoms with Crippen LogP contribution in [0.4, 0.5) is 52.7 Å². The molecule has 17 heteroatoms. The molecule has 0 atom stereocenters. The first-order valence-electron chi connectivity index (χ1n) is 5.24. The molecule has 0 fully saturated rings. The first-order valence-corrected chi connectivity index (χ1v) is 5.24. The number of carbonyl (C=O) groups excluding carboxylic acids is 2. The molecule has 0 aliphatic carbocycles. The van der Waals surface area contributed by atoms with Gasteiger partial charge in [0.2, 0.25) is 0 Å². The summed E-state index contributed by atoms with van der Waals surface area (Å²) >= 11 is 0. The molecule has 1 radical (unpaired) electrons. The van der Waals surface area contributed by atoms with E-state index < -0.39 is 59.9 Å². The molecule has 0 aliphatic heterocycles. The number of hydrogen-bond acceptors (Lipinski definition) is 4. The molecule has 0 heterocycles. The van der Waals surface area contributed by atoms with E-state index in [4.69, 9.17) is 0 Å². The number of allylic oxidation sites excluding steroid dienone is 4. The van der Waals surface area contributed by atoms with Gasteiger partial charge in [0.1, 0.15) is 0 Å². The summed E-state index contributed by atoms with van der Waals surface area (Å²) in [5.74, 6) is -11.3. The Morgan fingerprint density at radius 1 is 0.519 bits per heavy atom. The van der Waals surface area contributed by atoms with Crippen molar-refractivity contribution in [2.45, 2.75) is 24.7 Å². The molecular formula is C10H2CuF12O4. The van der Waals surface area contributed by atoms with E-state index in [1.54, 1.807) is 0 Å². The zero-order chi connectivity index (χ0) is 21.7. The minimum atomic E-state index is -5.46. The Morgan fingerprint density at radius 2 is 0.704 bits per heavy atom. The van der Waals surface area contributed by atoms with Crippen molar-refractivity contribution in [1.29, 1.82) is 0 Å². The van der Waals surface area contributed by atoms with Crippen molar-refractivity contribution in [3.8, 4) is 0 Å². The Hall–Kier alpha value is -1.90. The minimum Gasteiger partial charge on any atom is -0.869 e. The summed E-state index contributed by atoms with van der Waals surface area (Å²) < 4.78 is 136. The Bertz CT molecular complexity index is 527. The van der Waals surface area contributed by atoms with Crippen LogP contribution < -0.4 is 10.2 Å². The zero-order valence-corrected chi connectivity index (χ0v) is 12.6. The first kappa shape index (κ1) is 29.8. The molecule has 0 unspecified atom stereocenters. The molecule has 0 rings (SSSR count). The van der Waals surface area contributed by atoms with Crippen LogP contribution in [0.2, 0.25) is 0 Å². The second kappa shape index (κ2) is 9.87. The van der Waals surface area contributed by atoms with Gasteiger partial charge in [0.05, 0.1) is 0 Å². The molecule has 0 saturated carbocycles. The van der Waals surface area contributed by atoms with Crippen LogP contribution in [0.1, 0.15) is 0 Å². The van der Waals surface area contributed by atoms with Crippen molar-refractivity contribution in [2.75, 3.05) is 0 Å². The van der Waals surface area contributed by atoms with E-state index in [0.717, 1.165) is 0 Å². The van der Waals surface area contributed by atoms with Gasteiger partial charge in [-0.2, -0.15) is 52.7 Å². The standard InChI is InChI=1S/2C5H2F6O2.Cu/c2*6-4(7,8)2(12)1-3(13)5(9,10)11;/h2*1,12H;/q;;+2/p-2. The normalized spacial score (nSPS) is 13.9. The number of rotatable bonds is 2. The van der Waals surface area contributed by atoms with Crippen LogP contribution in [0.3, 0.4) is 0 Å². The molecule has 4 nitrogen and oxygen atoms in total. The fourth-order valence-electron chi connectivity index (χ4n) is 0.565. The molecule has 0 N–H and O–H groups in total. The average Bonchev–Trinajstić information content (AvgIpc) is 2.34. The molecule has 0 amide bonds. The summed E-state index contributed by atoms with van der Waals surface area (Å²) in [5, 5.41) is 19.6. The number of carbonyl (C=O) groups is 2. The van der Waals surface area contributed by atoms with Crippen LogP contribution >= 0.6 is 0 Å². The fraction of sp³-hybridized carbons (Fsp3) is 0.400. The summed E-state index contributed by atoms with van der Waals surface area (Å²) in [6, 6.07) is 0. The van der Waals surface area contributed by atoms with Gasteiger partial charge in [-0.3, -0.25) is 9.59 Å². The summed E-state index contributed by atoms with van der Waals surface area (Å²) in [5.41, 5.74) is 0. The maximum atomic E-state index is 11.3. The quantitative estimate of drug-likeness (QED) is 0.263. The minimum absolute atomic E-state index is 0. The van der Waals surface area contributed by atoms with Gasteiger partial charge < -0.3 is 10.2 Å². The molecule has 0 spiro atoms. The van der Waals surface area contributed by atoms with Crippen LogP contribution in [-0.2, 0) is 26.7 Å². The van der Waals surface area contributed by atoms with Crippen LogP contribution in [0.5, 0.6) is 0 Å². The van der Waals surface area contributed by atoms with E-state index in [1.807, 2.05) is 0 Å². The molecule has 27 heavy (non-hydrogen) atoms. The van der Waals surface area contributed by atoms with Crippen molar-refractivity contribution in [3.05, 3.63) is 23.7 Å². The Morgan fingerprint density at radius 3 is 0.815 bits per heavy atom. The molecular weight excluding hydrogens is 476 g/mol. The van der Waals surface area contributed by atoms with Gasteiger partial charge in [-0.05, 0) is 23.7 Å². The fourth-order valence-corrected chi connectivity index (χ4v) is 0.565. The van der Waals surface area contributed by atoms with Crippen LogP contribution in [0, 0.1) is 0 Å². The van der Waals surface area contributed by atoms with E-state index >= 15 is 0 Å². The van der Waals surface area contributed by atoms with Gasteiger partial charge in [0.25, 0.3) is 11.6 Å². The average molecular weight is 478 g/mol. The Kier molecular flexibility index (Phi) is 10.9. The van der Waals surface area contributed by atoms with Crippen molar-refractivity contribution >= 4 is 11.6 Å². The molecule has 0 saturated heterocycles. The van der Waals surface area contributed by atoms with Crippen LogP contribution in [0.15, 0.2) is 23.7 Å². The second-order valence-corrected chi connectivity index (χ2v) is 3.74. The maximum Gasteiger partial charge on any atom is 2.00 e. The van der Waals surface area contributed by atoms with Crippen molar-refractivity contribution < 1.29 is 89.6 Å². The van der Waals surface area contributed by atoms with Crippen molar-refractivity contribution in [2.24, 2.45) is 0 Å². The van der Waals surface area contributed by atoms with Gasteiger partial charge in [0.15, 0.2) is 0 Å². The van der Waals surface area contributed by atoms with Gasteiger partial charge in [-0.15, -0.1) is 0 Å². The molecule has 161 valence electrons. The van der Waals surface area contributed by atoms with Crippen molar-refractivity contribution in [3.63, 3.8) is 0 Å². The summed E-state index contributed by atoms with van der Waals surface area (Å²) in [6.07, 6.45) is -23.9. The zero-order valence-electron chi connectivity index (χ0n) is 11.6. The van der Waals surface area contributed by atoms with E-state index in [2.05, 4.69) is 0 Å². The number of halogens is 12. The van der Waals surface area contributed by atoms with E-state index in [0.29, 0.717) is 0 Å². The maximum absolute atomic E-state index is 11.3. The summed E-state index contributed by atoms with van der Waals surface area (Å²) in [7, 11) is 0. The first-order chi connectivity index (χ1) is 11.1. The molecule has 0 aromatic carbocycles. The third-order valence-corrected chi connectivity index (χ3v) is 1.64. The molecule has 0 bridgehead atoms. The predicted octanol–water partition coefficient (Wildman–Crippen LogP) is 1.85. The van der Waals surface area contributed by atoms with Gasteiger partial charge in [-0.1, -0.05) is 0 Å². The third kappa shape index (κ3) is 13.0.